The molecule has 0 spiro atoms. The minimum absolute atomic E-state index is 0.0513. The SMILES string of the molecule is COc1ccccc1C1CC(=O)C2=C(C1)NC(C)=C(C(=O)OCc1ccno1)C2c1cccc(O)c1. The molecular formula is C28H26N2O6. The third-order valence-corrected chi connectivity index (χ3v) is 6.67. The summed E-state index contributed by atoms with van der Waals surface area (Å²) in [6, 6.07) is 16.0. The molecule has 0 saturated heterocycles. The largest absolute Gasteiger partial charge is 0.508 e. The summed E-state index contributed by atoms with van der Waals surface area (Å²) in [4.78, 5) is 27.0. The van der Waals surface area contributed by atoms with Gasteiger partial charge in [-0.05, 0) is 42.7 Å². The van der Waals surface area contributed by atoms with Crippen LogP contribution in [0, 0.1) is 0 Å². The zero-order valence-corrected chi connectivity index (χ0v) is 20.0. The van der Waals surface area contributed by atoms with Crippen molar-refractivity contribution < 1.29 is 28.7 Å². The van der Waals surface area contributed by atoms with Crippen LogP contribution in [0.5, 0.6) is 11.5 Å². The maximum Gasteiger partial charge on any atom is 0.337 e. The molecule has 8 nitrogen and oxygen atoms in total. The number of esters is 1. The number of nitrogens with zero attached hydrogens (tertiary/aromatic N) is 1. The van der Waals surface area contributed by atoms with E-state index >= 15 is 0 Å². The molecule has 8 heteroatoms. The fourth-order valence-corrected chi connectivity index (χ4v) is 5.10. The fraction of sp³-hybridized carbons (Fsp3) is 0.250. The Balaban J connectivity index is 1.54. The Morgan fingerprint density at radius 1 is 1.17 bits per heavy atom. The van der Waals surface area contributed by atoms with E-state index in [-0.39, 0.29) is 30.5 Å². The summed E-state index contributed by atoms with van der Waals surface area (Å²) in [7, 11) is 1.62. The first-order valence-corrected chi connectivity index (χ1v) is 11.7. The number of phenols is 1. The summed E-state index contributed by atoms with van der Waals surface area (Å²) in [5, 5.41) is 17.1. The van der Waals surface area contributed by atoms with Crippen molar-refractivity contribution in [2.45, 2.75) is 38.2 Å². The molecule has 2 aliphatic rings. The first kappa shape index (κ1) is 23.4. The summed E-state index contributed by atoms with van der Waals surface area (Å²) in [6.07, 6.45) is 2.32. The van der Waals surface area contributed by atoms with Crippen LogP contribution in [-0.4, -0.2) is 29.1 Å². The van der Waals surface area contributed by atoms with Crippen molar-refractivity contribution in [1.82, 2.24) is 10.5 Å². The maximum atomic E-state index is 13.7. The number of hydrogen-bond donors (Lipinski definition) is 2. The van der Waals surface area contributed by atoms with Crippen LogP contribution in [0.15, 0.2) is 87.9 Å². The highest BCUT2D eigenvalue weighted by Gasteiger charge is 2.42. The van der Waals surface area contributed by atoms with Gasteiger partial charge in [-0.3, -0.25) is 4.79 Å². The monoisotopic (exact) mass is 486 g/mol. The number of ether oxygens (including phenoxy) is 2. The smallest absolute Gasteiger partial charge is 0.337 e. The fourth-order valence-electron chi connectivity index (χ4n) is 5.10. The number of para-hydroxylation sites is 1. The van der Waals surface area contributed by atoms with Crippen molar-refractivity contribution in [2.24, 2.45) is 0 Å². The Bertz CT molecular complexity index is 1370. The highest BCUT2D eigenvalue weighted by Crippen LogP contribution is 2.47. The highest BCUT2D eigenvalue weighted by atomic mass is 16.5. The Morgan fingerprint density at radius 2 is 2.00 bits per heavy atom. The number of aromatic nitrogens is 1. The van der Waals surface area contributed by atoms with E-state index in [0.29, 0.717) is 34.6 Å². The first-order chi connectivity index (χ1) is 17.5. The lowest BCUT2D eigenvalue weighted by Gasteiger charge is -2.37. The molecular weight excluding hydrogens is 460 g/mol. The van der Waals surface area contributed by atoms with Crippen LogP contribution in [0.2, 0.25) is 0 Å². The molecule has 2 aromatic carbocycles. The highest BCUT2D eigenvalue weighted by molar-refractivity contribution is 6.04. The van der Waals surface area contributed by atoms with Crippen LogP contribution in [0.3, 0.4) is 0 Å². The number of carbonyl (C=O) groups is 2. The van der Waals surface area contributed by atoms with E-state index in [1.807, 2.05) is 24.3 Å². The number of phenolic OH excluding ortho intramolecular Hbond substituents is 1. The molecule has 2 atom stereocenters. The molecule has 1 aliphatic heterocycles. The van der Waals surface area contributed by atoms with Gasteiger partial charge in [-0.15, -0.1) is 0 Å². The van der Waals surface area contributed by atoms with Crippen molar-refractivity contribution in [1.29, 1.82) is 0 Å². The van der Waals surface area contributed by atoms with Crippen LogP contribution >= 0.6 is 0 Å². The van der Waals surface area contributed by atoms with E-state index < -0.39 is 11.9 Å². The number of aromatic hydroxyl groups is 1. The van der Waals surface area contributed by atoms with Gasteiger partial charge in [-0.25, -0.2) is 4.79 Å². The van der Waals surface area contributed by atoms with Crippen molar-refractivity contribution in [3.63, 3.8) is 0 Å². The third kappa shape index (κ3) is 4.37. The van der Waals surface area contributed by atoms with E-state index in [2.05, 4.69) is 10.5 Å². The van der Waals surface area contributed by atoms with Gasteiger partial charge in [0.05, 0.1) is 18.9 Å². The molecule has 1 aliphatic carbocycles. The molecule has 184 valence electrons. The maximum absolute atomic E-state index is 13.7. The number of hydrogen-bond acceptors (Lipinski definition) is 8. The molecule has 0 fully saturated rings. The van der Waals surface area contributed by atoms with Gasteiger partial charge in [0, 0.05) is 41.3 Å². The summed E-state index contributed by atoms with van der Waals surface area (Å²) < 4.78 is 16.1. The molecule has 3 aromatic rings. The number of allylic oxidation sites excluding steroid dienone is 3. The molecule has 0 saturated carbocycles. The molecule has 0 bridgehead atoms. The predicted molar refractivity (Wildman–Crippen MR) is 130 cm³/mol. The lowest BCUT2D eigenvalue weighted by molar-refractivity contribution is -0.141. The lowest BCUT2D eigenvalue weighted by atomic mass is 9.71. The average Bonchev–Trinajstić information content (AvgIpc) is 3.40. The number of carbonyl (C=O) groups excluding carboxylic acids is 2. The first-order valence-electron chi connectivity index (χ1n) is 11.7. The Labute approximate surface area is 208 Å². The standard InChI is InChI=1S/C28H26N2O6/c1-16-25(28(33)35-15-20-10-11-29-36-20)26(17-6-5-7-19(31)12-17)27-22(30-16)13-18(14-23(27)32)21-8-3-4-9-24(21)34-2/h3-12,18,26,30-31H,13-15H2,1-2H3. The normalized spacial score (nSPS) is 19.6. The van der Waals surface area contributed by atoms with Gasteiger partial charge < -0.3 is 24.4 Å². The van der Waals surface area contributed by atoms with Crippen LogP contribution in [0.4, 0.5) is 0 Å². The van der Waals surface area contributed by atoms with Gasteiger partial charge in [-0.2, -0.15) is 0 Å². The zero-order valence-electron chi connectivity index (χ0n) is 20.0. The third-order valence-electron chi connectivity index (χ3n) is 6.67. The molecule has 5 rings (SSSR count). The number of rotatable bonds is 6. The summed E-state index contributed by atoms with van der Waals surface area (Å²) >= 11 is 0. The van der Waals surface area contributed by atoms with Crippen LogP contribution in [-0.2, 0) is 20.9 Å². The quantitative estimate of drug-likeness (QED) is 0.490. The molecule has 2 N–H and O–H groups in total. The van der Waals surface area contributed by atoms with Gasteiger partial charge in [0.2, 0.25) is 0 Å². The van der Waals surface area contributed by atoms with Crippen molar-refractivity contribution in [2.75, 3.05) is 7.11 Å². The Morgan fingerprint density at radius 3 is 2.75 bits per heavy atom. The number of Topliss-reactive ketones (excluding diaryl/α,β-unsaturated/α-hetero) is 1. The molecule has 1 aromatic heterocycles. The minimum atomic E-state index is -0.679. The van der Waals surface area contributed by atoms with Gasteiger partial charge in [0.1, 0.15) is 11.5 Å². The number of ketones is 1. The second-order valence-corrected chi connectivity index (χ2v) is 8.91. The van der Waals surface area contributed by atoms with E-state index in [4.69, 9.17) is 14.0 Å². The van der Waals surface area contributed by atoms with E-state index in [0.717, 1.165) is 17.0 Å². The van der Waals surface area contributed by atoms with Crippen LogP contribution in [0.25, 0.3) is 0 Å². The summed E-state index contributed by atoms with van der Waals surface area (Å²) in [5.41, 5.74) is 3.80. The minimum Gasteiger partial charge on any atom is -0.508 e. The molecule has 2 heterocycles. The number of benzene rings is 2. The van der Waals surface area contributed by atoms with Gasteiger partial charge in [0.25, 0.3) is 0 Å². The number of dihydropyridines is 1. The Kier molecular flexibility index (Phi) is 6.33. The van der Waals surface area contributed by atoms with E-state index in [1.165, 1.54) is 6.20 Å². The van der Waals surface area contributed by atoms with Crippen LogP contribution in [0.1, 0.15) is 48.5 Å². The molecule has 0 amide bonds. The van der Waals surface area contributed by atoms with E-state index in [1.54, 1.807) is 44.4 Å². The van der Waals surface area contributed by atoms with Crippen molar-refractivity contribution in [3.8, 4) is 11.5 Å². The van der Waals surface area contributed by atoms with Crippen molar-refractivity contribution >= 4 is 11.8 Å². The summed E-state index contributed by atoms with van der Waals surface area (Å²) in [5.74, 6) is -0.192. The Hall–Kier alpha value is -4.33. The van der Waals surface area contributed by atoms with E-state index in [9.17, 15) is 14.7 Å². The topological polar surface area (TPSA) is 111 Å². The lowest BCUT2D eigenvalue weighted by Crippen LogP contribution is -2.36. The molecule has 0 radical (unpaired) electrons. The summed E-state index contributed by atoms with van der Waals surface area (Å²) in [6.45, 7) is 1.71. The average molecular weight is 487 g/mol. The predicted octanol–water partition coefficient (Wildman–Crippen LogP) is 4.49. The number of methoxy groups -OCH3 is 1. The van der Waals surface area contributed by atoms with Gasteiger partial charge >= 0.3 is 5.97 Å². The molecule has 2 unspecified atom stereocenters. The molecule has 36 heavy (non-hydrogen) atoms. The van der Waals surface area contributed by atoms with Gasteiger partial charge in [-0.1, -0.05) is 35.5 Å². The second kappa shape index (κ2) is 9.73. The van der Waals surface area contributed by atoms with Gasteiger partial charge in [0.15, 0.2) is 18.2 Å². The van der Waals surface area contributed by atoms with Crippen molar-refractivity contribution in [3.05, 3.63) is 100 Å². The second-order valence-electron chi connectivity index (χ2n) is 8.91. The number of nitrogens with one attached hydrogen (secondary N) is 1. The van der Waals surface area contributed by atoms with Crippen LogP contribution < -0.4 is 10.1 Å². The zero-order chi connectivity index (χ0) is 25.2.